The Morgan fingerprint density at radius 2 is 0.738 bits per heavy atom. The number of allylic oxidation sites excluding steroid dienone is 2. The van der Waals surface area contributed by atoms with Crippen molar-refractivity contribution in [2.45, 2.75) is 341 Å². The van der Waals surface area contributed by atoms with Crippen molar-refractivity contribution >= 4 is 11.9 Å². The van der Waals surface area contributed by atoms with Crippen molar-refractivity contribution in [1.29, 1.82) is 0 Å². The maximum atomic E-state index is 12.5. The molecule has 0 saturated heterocycles. The first-order chi connectivity index (χ1) is 32.0. The lowest BCUT2D eigenvalue weighted by molar-refractivity contribution is -0.143. The molecule has 0 radical (unpaired) electrons. The molecule has 0 aromatic carbocycles. The number of nitrogens with one attached hydrogen (secondary N) is 1. The summed E-state index contributed by atoms with van der Waals surface area (Å²) in [5.74, 6) is -0.122. The normalized spacial score (nSPS) is 12.6. The van der Waals surface area contributed by atoms with Crippen LogP contribution in [0.5, 0.6) is 0 Å². The predicted molar refractivity (Wildman–Crippen MR) is 283 cm³/mol. The van der Waals surface area contributed by atoms with Crippen molar-refractivity contribution in [2.24, 2.45) is 0 Å². The first-order valence-corrected chi connectivity index (χ1v) is 29.4. The first kappa shape index (κ1) is 63.6. The summed E-state index contributed by atoms with van der Waals surface area (Å²) in [4.78, 5) is 24.6. The van der Waals surface area contributed by atoms with Gasteiger partial charge in [-0.1, -0.05) is 283 Å². The minimum atomic E-state index is -0.695. The Balaban J connectivity index is 3.49. The number of aliphatic hydroxyl groups excluding tert-OH is 2. The maximum absolute atomic E-state index is 12.5. The van der Waals surface area contributed by atoms with Gasteiger partial charge in [0.25, 0.3) is 0 Å². The van der Waals surface area contributed by atoms with E-state index in [1.165, 1.54) is 225 Å². The van der Waals surface area contributed by atoms with Gasteiger partial charge in [-0.15, -0.1) is 0 Å². The Hall–Kier alpha value is -1.40. The second-order valence-corrected chi connectivity index (χ2v) is 20.3. The van der Waals surface area contributed by atoms with E-state index in [0.717, 1.165) is 70.6 Å². The summed E-state index contributed by atoms with van der Waals surface area (Å²) in [7, 11) is 0. The van der Waals surface area contributed by atoms with Crippen LogP contribution in [0.2, 0.25) is 0 Å². The highest BCUT2D eigenvalue weighted by atomic mass is 16.5. The van der Waals surface area contributed by atoms with E-state index in [0.29, 0.717) is 25.9 Å². The molecule has 0 fully saturated rings. The van der Waals surface area contributed by atoms with Gasteiger partial charge in [0.05, 0.1) is 25.4 Å². The van der Waals surface area contributed by atoms with Crippen LogP contribution in [0.15, 0.2) is 12.2 Å². The molecule has 0 saturated carbocycles. The molecule has 0 bridgehead atoms. The van der Waals surface area contributed by atoms with Gasteiger partial charge in [0, 0.05) is 12.8 Å². The van der Waals surface area contributed by atoms with Crippen LogP contribution in [0.25, 0.3) is 0 Å². The number of esters is 1. The summed E-state index contributed by atoms with van der Waals surface area (Å²) in [6.45, 7) is 4.89. The third kappa shape index (κ3) is 51.8. The monoisotopic (exact) mass is 918 g/mol. The molecule has 0 rings (SSSR count). The van der Waals surface area contributed by atoms with Gasteiger partial charge in [0.2, 0.25) is 5.91 Å². The molecule has 0 aromatic rings. The Labute approximate surface area is 406 Å². The molecule has 6 heteroatoms. The summed E-state index contributed by atoms with van der Waals surface area (Å²) in [6, 6.07) is -0.579. The van der Waals surface area contributed by atoms with Crippen LogP contribution < -0.4 is 5.32 Å². The molecule has 0 aliphatic heterocycles. The molecule has 65 heavy (non-hydrogen) atoms. The average Bonchev–Trinajstić information content (AvgIpc) is 3.31. The number of rotatable bonds is 55. The number of amides is 1. The Morgan fingerprint density at radius 3 is 1.12 bits per heavy atom. The molecule has 0 aliphatic rings. The fourth-order valence-electron chi connectivity index (χ4n) is 9.29. The highest BCUT2D eigenvalue weighted by Crippen LogP contribution is 2.18. The molecular weight excluding hydrogens is 803 g/mol. The van der Waals surface area contributed by atoms with E-state index in [9.17, 15) is 19.8 Å². The number of carbonyl (C=O) groups excluding carboxylic acids is 2. The summed E-state index contributed by atoms with van der Waals surface area (Å²) in [6.07, 6.45) is 65.0. The van der Waals surface area contributed by atoms with Gasteiger partial charge in [-0.3, -0.25) is 9.59 Å². The number of ether oxygens (including phenoxy) is 1. The van der Waals surface area contributed by atoms with Crippen molar-refractivity contribution < 1.29 is 24.5 Å². The molecule has 1 amide bonds. The topological polar surface area (TPSA) is 95.9 Å². The van der Waals surface area contributed by atoms with Gasteiger partial charge in [-0.25, -0.2) is 0 Å². The molecule has 0 spiro atoms. The van der Waals surface area contributed by atoms with Crippen LogP contribution in [0, 0.1) is 0 Å². The molecule has 2 unspecified atom stereocenters. The third-order valence-corrected chi connectivity index (χ3v) is 13.8. The molecule has 2 atom stereocenters. The van der Waals surface area contributed by atoms with Crippen molar-refractivity contribution in [3.8, 4) is 0 Å². The smallest absolute Gasteiger partial charge is 0.305 e. The lowest BCUT2D eigenvalue weighted by atomic mass is 10.0. The van der Waals surface area contributed by atoms with Gasteiger partial charge >= 0.3 is 5.97 Å². The van der Waals surface area contributed by atoms with Crippen molar-refractivity contribution in [3.05, 3.63) is 12.2 Å². The highest BCUT2D eigenvalue weighted by Gasteiger charge is 2.20. The van der Waals surface area contributed by atoms with Gasteiger partial charge in [-0.2, -0.15) is 0 Å². The molecule has 3 N–H and O–H groups in total. The SMILES string of the molecule is CCCCCCCCCCCCCCCCCCCCCCCCC(O)C(CO)NC(=O)CCC/C=C\CCCCCCOC(=O)CCCCCCCCCCCCCCCCCCC. The Morgan fingerprint density at radius 1 is 0.415 bits per heavy atom. The number of unbranched alkanes of at least 4 members (excludes halogenated alkanes) is 42. The quantitative estimate of drug-likeness (QED) is 0.0321. The molecule has 0 aromatic heterocycles. The molecular formula is C59H115NO5. The van der Waals surface area contributed by atoms with Crippen LogP contribution in [-0.2, 0) is 14.3 Å². The summed E-state index contributed by atoms with van der Waals surface area (Å²) in [5, 5.41) is 23.3. The highest BCUT2D eigenvalue weighted by molar-refractivity contribution is 5.76. The van der Waals surface area contributed by atoms with Crippen molar-refractivity contribution in [2.75, 3.05) is 13.2 Å². The van der Waals surface area contributed by atoms with E-state index < -0.39 is 12.1 Å². The average molecular weight is 919 g/mol. The second kappa shape index (κ2) is 55.2. The number of aliphatic hydroxyl groups is 2. The van der Waals surface area contributed by atoms with Crippen LogP contribution in [-0.4, -0.2) is 47.4 Å². The number of carbonyl (C=O) groups is 2. The molecule has 0 aliphatic carbocycles. The van der Waals surface area contributed by atoms with E-state index in [-0.39, 0.29) is 18.5 Å². The van der Waals surface area contributed by atoms with Crippen molar-refractivity contribution in [3.63, 3.8) is 0 Å². The number of hydrogen-bond acceptors (Lipinski definition) is 5. The van der Waals surface area contributed by atoms with E-state index in [1.807, 2.05) is 0 Å². The van der Waals surface area contributed by atoms with Crippen LogP contribution >= 0.6 is 0 Å². The lowest BCUT2D eigenvalue weighted by Crippen LogP contribution is -2.45. The Kier molecular flexibility index (Phi) is 54.0. The van der Waals surface area contributed by atoms with Gasteiger partial charge < -0.3 is 20.3 Å². The van der Waals surface area contributed by atoms with E-state index >= 15 is 0 Å². The third-order valence-electron chi connectivity index (χ3n) is 13.8. The fourth-order valence-corrected chi connectivity index (χ4v) is 9.29. The zero-order chi connectivity index (χ0) is 47.2. The maximum Gasteiger partial charge on any atom is 0.305 e. The lowest BCUT2D eigenvalue weighted by Gasteiger charge is -2.22. The minimum Gasteiger partial charge on any atom is -0.466 e. The minimum absolute atomic E-state index is 0.0305. The van der Waals surface area contributed by atoms with Crippen LogP contribution in [0.4, 0.5) is 0 Å². The standard InChI is InChI=1S/C59H115NO5/c1-3-5-7-9-11-13-15-17-19-21-22-23-24-25-27-28-30-32-35-39-43-47-51-57(62)56(55-61)60-58(63)52-48-44-40-36-34-38-42-46-50-54-65-59(64)53-49-45-41-37-33-31-29-26-20-18-16-14-12-10-8-6-4-2/h36,40,56-57,61-62H,3-35,37-39,41-55H2,1-2H3,(H,60,63)/b40-36-. The van der Waals surface area contributed by atoms with Gasteiger partial charge in [0.1, 0.15) is 0 Å². The first-order valence-electron chi connectivity index (χ1n) is 29.4. The fraction of sp³-hybridized carbons (Fsp3) is 0.932. The number of hydrogen-bond donors (Lipinski definition) is 3. The summed E-state index contributed by atoms with van der Waals surface area (Å²) in [5.41, 5.74) is 0. The Bertz CT molecular complexity index is 970. The van der Waals surface area contributed by atoms with Crippen LogP contribution in [0.3, 0.4) is 0 Å². The largest absolute Gasteiger partial charge is 0.466 e. The van der Waals surface area contributed by atoms with E-state index in [4.69, 9.17) is 4.74 Å². The molecule has 6 nitrogen and oxygen atoms in total. The van der Waals surface area contributed by atoms with Crippen LogP contribution in [0.1, 0.15) is 328 Å². The predicted octanol–water partition coefficient (Wildman–Crippen LogP) is 18.1. The van der Waals surface area contributed by atoms with E-state index in [1.54, 1.807) is 0 Å². The molecule has 386 valence electrons. The van der Waals surface area contributed by atoms with Crippen molar-refractivity contribution in [1.82, 2.24) is 5.32 Å². The summed E-state index contributed by atoms with van der Waals surface area (Å²) < 4.78 is 5.46. The van der Waals surface area contributed by atoms with E-state index in [2.05, 4.69) is 31.3 Å². The zero-order valence-corrected chi connectivity index (χ0v) is 44.0. The summed E-state index contributed by atoms with van der Waals surface area (Å²) >= 11 is 0. The molecule has 0 heterocycles. The zero-order valence-electron chi connectivity index (χ0n) is 44.0. The van der Waals surface area contributed by atoms with Gasteiger partial charge in [-0.05, 0) is 44.9 Å². The second-order valence-electron chi connectivity index (χ2n) is 20.3. The van der Waals surface area contributed by atoms with Gasteiger partial charge in [0.15, 0.2) is 0 Å².